The number of aromatic carboxylic acids is 1. The summed E-state index contributed by atoms with van der Waals surface area (Å²) in [5.41, 5.74) is 0.0968. The lowest BCUT2D eigenvalue weighted by Crippen LogP contribution is -2.24. The lowest BCUT2D eigenvalue weighted by molar-refractivity contribution is -0.255. The van der Waals surface area contributed by atoms with Gasteiger partial charge in [0.15, 0.2) is 4.77 Å². The van der Waals surface area contributed by atoms with E-state index in [1.54, 1.807) is 6.08 Å². The summed E-state index contributed by atoms with van der Waals surface area (Å²) in [6, 6.07) is 4.10. The molecule has 0 aliphatic carbocycles. The Bertz CT molecular complexity index is 758. The Labute approximate surface area is 107 Å². The molecule has 0 unspecified atom stereocenters. The molecule has 18 heavy (non-hydrogen) atoms. The molecule has 5 nitrogen and oxygen atoms in total. The Hall–Kier alpha value is -2.21. The largest absolute Gasteiger partial charge is 0.545 e. The Morgan fingerprint density at radius 3 is 2.89 bits per heavy atom. The number of rotatable bonds is 3. The van der Waals surface area contributed by atoms with Crippen LogP contribution in [0.1, 0.15) is 10.4 Å². The van der Waals surface area contributed by atoms with Crippen LogP contribution >= 0.6 is 12.2 Å². The number of carbonyl (C=O) groups excluding carboxylic acids is 1. The first-order chi connectivity index (χ1) is 8.54. The number of carbonyl (C=O) groups is 1. The number of nitrogens with one attached hydrogen (secondary N) is 1. The summed E-state index contributed by atoms with van der Waals surface area (Å²) in [6.07, 6.45) is 1.56. The monoisotopic (exact) mass is 261 g/mol. The summed E-state index contributed by atoms with van der Waals surface area (Å²) in [5, 5.41) is 11.1. The second kappa shape index (κ2) is 4.58. The Balaban J connectivity index is 2.82. The fraction of sp³-hybridized carbons (Fsp3) is 0.0833. The molecule has 1 aromatic carbocycles. The zero-order valence-electron chi connectivity index (χ0n) is 9.30. The molecule has 0 radical (unpaired) electrons. The van der Waals surface area contributed by atoms with Gasteiger partial charge in [-0.1, -0.05) is 12.1 Å². The van der Waals surface area contributed by atoms with Gasteiger partial charge in [0.2, 0.25) is 0 Å². The van der Waals surface area contributed by atoms with Crippen LogP contribution in [-0.2, 0) is 6.54 Å². The van der Waals surface area contributed by atoms with E-state index in [9.17, 15) is 14.7 Å². The van der Waals surface area contributed by atoms with Gasteiger partial charge in [0.1, 0.15) is 0 Å². The third-order valence-corrected chi connectivity index (χ3v) is 2.85. The van der Waals surface area contributed by atoms with Crippen LogP contribution in [0.3, 0.4) is 0 Å². The Kier molecular flexibility index (Phi) is 3.12. The van der Waals surface area contributed by atoms with Crippen molar-refractivity contribution in [2.45, 2.75) is 6.54 Å². The first kappa shape index (κ1) is 12.3. The second-order valence-electron chi connectivity index (χ2n) is 3.68. The summed E-state index contributed by atoms with van der Waals surface area (Å²) in [5.74, 6) is -1.30. The van der Waals surface area contributed by atoms with Gasteiger partial charge >= 0.3 is 0 Å². The predicted octanol–water partition coefficient (Wildman–Crippen LogP) is 0.609. The molecule has 1 N–H and O–H groups in total. The highest BCUT2D eigenvalue weighted by Gasteiger charge is 2.05. The number of nitrogens with zero attached hydrogens (tertiary/aromatic N) is 1. The minimum absolute atomic E-state index is 0.00554. The molecule has 0 saturated heterocycles. The number of aromatic amines is 1. The zero-order valence-corrected chi connectivity index (χ0v) is 10.1. The van der Waals surface area contributed by atoms with Gasteiger partial charge in [0.05, 0.1) is 16.9 Å². The summed E-state index contributed by atoms with van der Waals surface area (Å²) in [6.45, 7) is 3.85. The van der Waals surface area contributed by atoms with Crippen molar-refractivity contribution >= 4 is 29.1 Å². The highest BCUT2D eigenvalue weighted by molar-refractivity contribution is 7.71. The maximum absolute atomic E-state index is 12.1. The number of hydrogen-bond acceptors (Lipinski definition) is 4. The van der Waals surface area contributed by atoms with Gasteiger partial charge in [-0.05, 0) is 29.9 Å². The van der Waals surface area contributed by atoms with E-state index in [-0.39, 0.29) is 15.9 Å². The third kappa shape index (κ3) is 1.98. The molecule has 0 atom stereocenters. The van der Waals surface area contributed by atoms with Crippen LogP contribution in [0.15, 0.2) is 35.6 Å². The number of carboxylic acids is 1. The summed E-state index contributed by atoms with van der Waals surface area (Å²) in [4.78, 5) is 25.6. The van der Waals surface area contributed by atoms with Gasteiger partial charge in [-0.3, -0.25) is 9.36 Å². The molecule has 0 aliphatic rings. The third-order valence-electron chi connectivity index (χ3n) is 2.53. The van der Waals surface area contributed by atoms with Gasteiger partial charge in [-0.2, -0.15) is 0 Å². The SMILES string of the molecule is C=CCn1c(=S)[nH]c2cc(C(=O)[O-])ccc2c1=O. The van der Waals surface area contributed by atoms with Gasteiger partial charge in [-0.15, -0.1) is 6.58 Å². The molecule has 0 saturated carbocycles. The molecule has 0 amide bonds. The van der Waals surface area contributed by atoms with E-state index in [0.717, 1.165) is 0 Å². The van der Waals surface area contributed by atoms with E-state index in [0.29, 0.717) is 17.4 Å². The van der Waals surface area contributed by atoms with Crippen LogP contribution in [0.2, 0.25) is 0 Å². The topological polar surface area (TPSA) is 77.9 Å². The van der Waals surface area contributed by atoms with Crippen molar-refractivity contribution in [1.82, 2.24) is 9.55 Å². The lowest BCUT2D eigenvalue weighted by Gasteiger charge is -2.07. The maximum Gasteiger partial charge on any atom is 0.262 e. The van der Waals surface area contributed by atoms with Crippen molar-refractivity contribution in [3.63, 3.8) is 0 Å². The Morgan fingerprint density at radius 1 is 1.56 bits per heavy atom. The smallest absolute Gasteiger partial charge is 0.262 e. The summed E-state index contributed by atoms with van der Waals surface area (Å²) in [7, 11) is 0. The molecule has 6 heteroatoms. The highest BCUT2D eigenvalue weighted by atomic mass is 32.1. The van der Waals surface area contributed by atoms with E-state index < -0.39 is 5.97 Å². The van der Waals surface area contributed by atoms with Gasteiger partial charge in [0.25, 0.3) is 5.56 Å². The zero-order chi connectivity index (χ0) is 13.3. The quantitative estimate of drug-likeness (QED) is 0.648. The number of allylic oxidation sites excluding steroid dienone is 1. The van der Waals surface area contributed by atoms with Gasteiger partial charge < -0.3 is 14.9 Å². The summed E-state index contributed by atoms with van der Waals surface area (Å²) >= 11 is 5.04. The number of fused-ring (bicyclic) bond motifs is 1. The fourth-order valence-electron chi connectivity index (χ4n) is 1.68. The number of benzene rings is 1. The van der Waals surface area contributed by atoms with Gasteiger partial charge in [0, 0.05) is 6.54 Å². The average Bonchev–Trinajstić information content (AvgIpc) is 2.33. The lowest BCUT2D eigenvalue weighted by atomic mass is 10.1. The number of hydrogen-bond donors (Lipinski definition) is 1. The van der Waals surface area contributed by atoms with E-state index in [4.69, 9.17) is 12.2 Å². The van der Waals surface area contributed by atoms with Crippen molar-refractivity contribution in [3.8, 4) is 0 Å². The van der Waals surface area contributed by atoms with Crippen molar-refractivity contribution < 1.29 is 9.90 Å². The molecule has 0 spiro atoms. The first-order valence-corrected chi connectivity index (χ1v) is 5.54. The van der Waals surface area contributed by atoms with Crippen LogP contribution in [0.4, 0.5) is 0 Å². The molecule has 1 heterocycles. The number of H-pyrrole nitrogens is 1. The minimum atomic E-state index is -1.30. The normalized spacial score (nSPS) is 10.4. The molecule has 1 aromatic heterocycles. The molecular formula is C12H9N2O3S-. The molecule has 0 fully saturated rings. The van der Waals surface area contributed by atoms with Crippen LogP contribution in [0, 0.1) is 4.77 Å². The van der Waals surface area contributed by atoms with Crippen molar-refractivity contribution in [2.75, 3.05) is 0 Å². The molecule has 92 valence electrons. The average molecular weight is 261 g/mol. The van der Waals surface area contributed by atoms with Crippen LogP contribution < -0.4 is 10.7 Å². The number of carboxylic acid groups (broad SMARTS) is 1. The fourth-order valence-corrected chi connectivity index (χ4v) is 1.94. The van der Waals surface area contributed by atoms with Crippen LogP contribution in [0.25, 0.3) is 10.9 Å². The molecular weight excluding hydrogens is 252 g/mol. The standard InChI is InChI=1S/C12H10N2O3S/c1-2-5-14-10(15)8-4-3-7(11(16)17)6-9(8)13-12(14)18/h2-4,6H,1,5H2,(H,13,18)(H,16,17)/p-1. The minimum Gasteiger partial charge on any atom is -0.545 e. The van der Waals surface area contributed by atoms with E-state index in [1.165, 1.54) is 22.8 Å². The van der Waals surface area contributed by atoms with E-state index in [1.807, 2.05) is 0 Å². The van der Waals surface area contributed by atoms with E-state index >= 15 is 0 Å². The summed E-state index contributed by atoms with van der Waals surface area (Å²) < 4.78 is 1.58. The second-order valence-corrected chi connectivity index (χ2v) is 4.07. The van der Waals surface area contributed by atoms with Crippen molar-refractivity contribution in [1.29, 1.82) is 0 Å². The van der Waals surface area contributed by atoms with E-state index in [2.05, 4.69) is 11.6 Å². The number of aromatic nitrogens is 2. The first-order valence-electron chi connectivity index (χ1n) is 5.13. The van der Waals surface area contributed by atoms with Gasteiger partial charge in [-0.25, -0.2) is 0 Å². The molecule has 0 aliphatic heterocycles. The van der Waals surface area contributed by atoms with Crippen LogP contribution in [0.5, 0.6) is 0 Å². The molecule has 0 bridgehead atoms. The molecule has 2 rings (SSSR count). The Morgan fingerprint density at radius 2 is 2.28 bits per heavy atom. The van der Waals surface area contributed by atoms with Crippen LogP contribution in [-0.4, -0.2) is 15.5 Å². The highest BCUT2D eigenvalue weighted by Crippen LogP contribution is 2.10. The maximum atomic E-state index is 12.1. The molecule has 2 aromatic rings. The van der Waals surface area contributed by atoms with Crippen molar-refractivity contribution in [3.05, 3.63) is 51.5 Å². The van der Waals surface area contributed by atoms with Crippen molar-refractivity contribution in [2.24, 2.45) is 0 Å². The predicted molar refractivity (Wildman–Crippen MR) is 67.9 cm³/mol.